The number of hydrogen-bond acceptors (Lipinski definition) is 4. The van der Waals surface area contributed by atoms with Crippen LogP contribution in [0.2, 0.25) is 0 Å². The van der Waals surface area contributed by atoms with Crippen molar-refractivity contribution in [2.24, 2.45) is 0 Å². The number of rotatable bonds is 7. The predicted molar refractivity (Wildman–Crippen MR) is 96.6 cm³/mol. The molecule has 1 N–H and O–H groups in total. The summed E-state index contributed by atoms with van der Waals surface area (Å²) in [7, 11) is 4.16. The lowest BCUT2D eigenvalue weighted by atomic mass is 10.1. The molecule has 0 saturated carbocycles. The molecule has 0 unspecified atom stereocenters. The minimum atomic E-state index is -0.267. The van der Waals surface area contributed by atoms with Crippen LogP contribution in [0.3, 0.4) is 0 Å². The Morgan fingerprint density at radius 2 is 1.96 bits per heavy atom. The van der Waals surface area contributed by atoms with Crippen molar-refractivity contribution >= 4 is 11.3 Å². The van der Waals surface area contributed by atoms with Gasteiger partial charge >= 0.3 is 0 Å². The van der Waals surface area contributed by atoms with Crippen molar-refractivity contribution in [3.05, 3.63) is 70.4 Å². The fraction of sp³-hybridized carbons (Fsp3) is 0.263. The molecule has 0 aliphatic rings. The number of likely N-dealkylation sites (N-methyl/N-ethyl adjacent to an activating group) is 1. The molecule has 3 nitrogen and oxygen atoms in total. The zero-order valence-corrected chi connectivity index (χ0v) is 14.6. The van der Waals surface area contributed by atoms with Crippen molar-refractivity contribution in [3.8, 4) is 11.3 Å². The zero-order valence-electron chi connectivity index (χ0n) is 13.8. The molecule has 126 valence electrons. The number of halogens is 1. The summed E-state index contributed by atoms with van der Waals surface area (Å²) < 4.78 is 19.6. The molecule has 0 bridgehead atoms. The molecule has 0 amide bonds. The molecule has 0 saturated heterocycles. The van der Waals surface area contributed by atoms with E-state index in [0.29, 0.717) is 23.9 Å². The summed E-state index contributed by atoms with van der Waals surface area (Å²) >= 11 is 1.76. The highest BCUT2D eigenvalue weighted by Crippen LogP contribution is 2.25. The van der Waals surface area contributed by atoms with Crippen molar-refractivity contribution in [2.75, 3.05) is 20.6 Å². The fourth-order valence-corrected chi connectivity index (χ4v) is 3.55. The smallest absolute Gasteiger partial charge is 0.137 e. The summed E-state index contributed by atoms with van der Waals surface area (Å²) in [6.07, 6.45) is 0. The van der Waals surface area contributed by atoms with Crippen molar-refractivity contribution in [1.82, 2.24) is 10.2 Å². The third kappa shape index (κ3) is 3.93. The highest BCUT2D eigenvalue weighted by Gasteiger charge is 2.15. The number of furan rings is 1. The van der Waals surface area contributed by atoms with Crippen LogP contribution in [-0.2, 0) is 6.54 Å². The Kier molecular flexibility index (Phi) is 5.45. The number of hydrogen-bond donors (Lipinski definition) is 1. The largest absolute Gasteiger partial charge is 0.460 e. The summed E-state index contributed by atoms with van der Waals surface area (Å²) in [5.41, 5.74) is 0.494. The van der Waals surface area contributed by atoms with E-state index in [4.69, 9.17) is 4.42 Å². The molecule has 24 heavy (non-hydrogen) atoms. The van der Waals surface area contributed by atoms with Gasteiger partial charge in [-0.05, 0) is 49.8 Å². The summed E-state index contributed by atoms with van der Waals surface area (Å²) in [5.74, 6) is 1.10. The molecule has 0 fully saturated rings. The van der Waals surface area contributed by atoms with Gasteiger partial charge in [0.2, 0.25) is 0 Å². The van der Waals surface area contributed by atoms with Crippen LogP contribution >= 0.6 is 11.3 Å². The number of nitrogens with zero attached hydrogens (tertiary/aromatic N) is 1. The SMILES string of the molecule is CN(C)[C@@H](CNCc1ccc(-c2ccccc2F)o1)c1cccs1. The van der Waals surface area contributed by atoms with Crippen LogP contribution in [0.15, 0.2) is 58.3 Å². The first kappa shape index (κ1) is 16.9. The van der Waals surface area contributed by atoms with Gasteiger partial charge in [0.15, 0.2) is 0 Å². The van der Waals surface area contributed by atoms with E-state index in [1.54, 1.807) is 23.5 Å². The first-order valence-electron chi connectivity index (χ1n) is 7.89. The van der Waals surface area contributed by atoms with Gasteiger partial charge in [-0.15, -0.1) is 11.3 Å². The zero-order chi connectivity index (χ0) is 16.9. The molecule has 5 heteroatoms. The van der Waals surface area contributed by atoms with Gasteiger partial charge in [-0.1, -0.05) is 18.2 Å². The molecular weight excluding hydrogens is 323 g/mol. The van der Waals surface area contributed by atoms with Gasteiger partial charge in [-0.3, -0.25) is 0 Å². The molecule has 0 spiro atoms. The van der Waals surface area contributed by atoms with Crippen LogP contribution < -0.4 is 5.32 Å². The van der Waals surface area contributed by atoms with E-state index in [1.165, 1.54) is 10.9 Å². The maximum absolute atomic E-state index is 13.8. The van der Waals surface area contributed by atoms with Crippen LogP contribution in [0.25, 0.3) is 11.3 Å². The van der Waals surface area contributed by atoms with Gasteiger partial charge in [0.25, 0.3) is 0 Å². The monoisotopic (exact) mass is 344 g/mol. The Morgan fingerprint density at radius 3 is 2.67 bits per heavy atom. The lowest BCUT2D eigenvalue weighted by Gasteiger charge is -2.23. The van der Waals surface area contributed by atoms with E-state index in [1.807, 2.05) is 18.2 Å². The van der Waals surface area contributed by atoms with Crippen LogP contribution in [0.4, 0.5) is 4.39 Å². The van der Waals surface area contributed by atoms with Crippen molar-refractivity contribution in [3.63, 3.8) is 0 Å². The summed E-state index contributed by atoms with van der Waals surface area (Å²) in [4.78, 5) is 3.53. The third-order valence-corrected chi connectivity index (χ3v) is 4.91. The standard InChI is InChI=1S/C19H21FN2OS/c1-22(2)17(19-8-5-11-24-19)13-21-12-14-9-10-18(23-14)15-6-3-4-7-16(15)20/h3-11,17,21H,12-13H2,1-2H3/t17-/m0/s1. The molecule has 3 aromatic rings. The van der Waals surface area contributed by atoms with E-state index in [2.05, 4.69) is 41.8 Å². The summed E-state index contributed by atoms with van der Waals surface area (Å²) in [6, 6.07) is 14.9. The second kappa shape index (κ2) is 7.75. The highest BCUT2D eigenvalue weighted by atomic mass is 32.1. The Bertz CT molecular complexity index is 767. The third-order valence-electron chi connectivity index (χ3n) is 3.93. The summed E-state index contributed by atoms with van der Waals surface area (Å²) in [5, 5.41) is 5.52. The Morgan fingerprint density at radius 1 is 1.12 bits per heavy atom. The van der Waals surface area contributed by atoms with Gasteiger partial charge in [0, 0.05) is 11.4 Å². The Hall–Kier alpha value is -1.95. The minimum absolute atomic E-state index is 0.267. The predicted octanol–water partition coefficient (Wildman–Crippen LogP) is 4.54. The Labute approximate surface area is 145 Å². The average molecular weight is 344 g/mol. The minimum Gasteiger partial charge on any atom is -0.460 e. The molecule has 1 atom stereocenters. The molecule has 1 aromatic carbocycles. The molecule has 0 aliphatic heterocycles. The second-order valence-electron chi connectivity index (χ2n) is 5.87. The summed E-state index contributed by atoms with van der Waals surface area (Å²) in [6.45, 7) is 1.44. The normalized spacial score (nSPS) is 12.7. The van der Waals surface area contributed by atoms with Gasteiger partial charge < -0.3 is 14.6 Å². The van der Waals surface area contributed by atoms with Crippen molar-refractivity contribution < 1.29 is 8.81 Å². The van der Waals surface area contributed by atoms with E-state index in [0.717, 1.165) is 12.3 Å². The Balaban J connectivity index is 1.60. The molecule has 0 aliphatic carbocycles. The van der Waals surface area contributed by atoms with E-state index in [9.17, 15) is 4.39 Å². The molecule has 3 rings (SSSR count). The second-order valence-corrected chi connectivity index (χ2v) is 6.85. The van der Waals surface area contributed by atoms with Gasteiger partial charge in [-0.2, -0.15) is 0 Å². The number of thiophene rings is 1. The van der Waals surface area contributed by atoms with E-state index < -0.39 is 0 Å². The van der Waals surface area contributed by atoms with Gasteiger partial charge in [0.1, 0.15) is 17.3 Å². The average Bonchev–Trinajstić information content (AvgIpc) is 3.23. The highest BCUT2D eigenvalue weighted by molar-refractivity contribution is 7.10. The van der Waals surface area contributed by atoms with Crippen molar-refractivity contribution in [1.29, 1.82) is 0 Å². The fourth-order valence-electron chi connectivity index (χ4n) is 2.63. The topological polar surface area (TPSA) is 28.4 Å². The number of benzene rings is 1. The van der Waals surface area contributed by atoms with Crippen LogP contribution in [-0.4, -0.2) is 25.5 Å². The van der Waals surface area contributed by atoms with Crippen LogP contribution in [0.5, 0.6) is 0 Å². The molecule has 2 aromatic heterocycles. The van der Waals surface area contributed by atoms with E-state index >= 15 is 0 Å². The molecule has 0 radical (unpaired) electrons. The first-order chi connectivity index (χ1) is 11.6. The quantitative estimate of drug-likeness (QED) is 0.682. The maximum Gasteiger partial charge on any atom is 0.137 e. The van der Waals surface area contributed by atoms with Gasteiger partial charge in [-0.25, -0.2) is 4.39 Å². The molecule has 2 heterocycles. The van der Waals surface area contributed by atoms with E-state index in [-0.39, 0.29) is 5.82 Å². The number of nitrogens with one attached hydrogen (secondary N) is 1. The van der Waals surface area contributed by atoms with Crippen LogP contribution in [0.1, 0.15) is 16.7 Å². The van der Waals surface area contributed by atoms with Gasteiger partial charge in [0.05, 0.1) is 18.2 Å². The lowest BCUT2D eigenvalue weighted by Crippen LogP contribution is -2.30. The molecular formula is C19H21FN2OS. The van der Waals surface area contributed by atoms with Crippen molar-refractivity contribution in [2.45, 2.75) is 12.6 Å². The first-order valence-corrected chi connectivity index (χ1v) is 8.77. The lowest BCUT2D eigenvalue weighted by molar-refractivity contribution is 0.289. The van der Waals surface area contributed by atoms with Crippen LogP contribution in [0, 0.1) is 5.82 Å². The maximum atomic E-state index is 13.8.